The molecule has 3 nitrogen and oxygen atoms in total. The van der Waals surface area contributed by atoms with Gasteiger partial charge in [0.1, 0.15) is 0 Å². The van der Waals surface area contributed by atoms with Gasteiger partial charge in [0.05, 0.1) is 11.0 Å². The van der Waals surface area contributed by atoms with Gasteiger partial charge in [0.25, 0.3) is 0 Å². The molecule has 14 rings (SSSR count). The molecular weight excluding hydrogens is 907 g/mol. The van der Waals surface area contributed by atoms with Gasteiger partial charge in [-0.05, 0) is 164 Å². The van der Waals surface area contributed by atoms with Crippen LogP contribution in [0.3, 0.4) is 0 Å². The molecule has 0 unspecified atom stereocenters. The van der Waals surface area contributed by atoms with E-state index in [1.54, 1.807) is 0 Å². The zero-order chi connectivity index (χ0) is 50.4. The number of hydrogen-bond acceptors (Lipinski definition) is 2. The molecule has 358 valence electrons. The smallest absolute Gasteiger partial charge is 0.0547 e. The first-order valence-electron chi connectivity index (χ1n) is 26.2. The van der Waals surface area contributed by atoms with E-state index in [0.29, 0.717) is 0 Å². The quantitative estimate of drug-likeness (QED) is 0.143. The van der Waals surface area contributed by atoms with Crippen molar-refractivity contribution in [2.75, 3.05) is 9.80 Å². The summed E-state index contributed by atoms with van der Waals surface area (Å²) in [6, 6.07) is 96.6. The second-order valence-electron chi connectivity index (χ2n) is 21.4. The van der Waals surface area contributed by atoms with Crippen molar-refractivity contribution in [1.82, 2.24) is 4.57 Å². The molecule has 2 aliphatic carbocycles. The fourth-order valence-electron chi connectivity index (χ4n) is 12.6. The SMILES string of the molecule is CC1(C)c2ccccc2-c2ccc(N(c3ccccc3)c3cc(-c4cccc(-c5ccc6c7ccccc7n(-c7ccccc7)c6c5)c4)cc(N(c4ccccc4)c4ccc5c(c4)C(C)(C)c4ccccc4-5)c3)cc21. The first kappa shape index (κ1) is 44.5. The summed E-state index contributed by atoms with van der Waals surface area (Å²) in [5, 5.41) is 2.49. The molecule has 75 heavy (non-hydrogen) atoms. The van der Waals surface area contributed by atoms with Crippen LogP contribution in [-0.4, -0.2) is 4.57 Å². The molecule has 12 aromatic rings. The van der Waals surface area contributed by atoms with Crippen LogP contribution in [0.15, 0.2) is 261 Å². The molecule has 0 fully saturated rings. The monoisotopic (exact) mass is 961 g/mol. The van der Waals surface area contributed by atoms with Crippen molar-refractivity contribution >= 4 is 55.9 Å². The van der Waals surface area contributed by atoms with E-state index in [9.17, 15) is 0 Å². The molecule has 1 aromatic heterocycles. The van der Waals surface area contributed by atoms with Gasteiger partial charge in [0.15, 0.2) is 0 Å². The normalized spacial score (nSPS) is 13.5. The standard InChI is InChI=1S/C72H55N3/c1-71(2)65-32-17-14-29-59(65)61-39-36-55(46-67(61)71)73(52-23-8-5-9-24-52)57-42-51(43-58(45-57)74(53-25-10-6-11-26-53)56-37-40-62-60-30-15-18-33-66(60)72(3,4)68(62)47-56)49-22-20-21-48(41-49)50-35-38-64-63-31-16-19-34-69(63)75(70(64)44-50)54-27-12-7-13-28-54/h5-47H,1-4H3. The van der Waals surface area contributed by atoms with Crippen LogP contribution in [0, 0.1) is 0 Å². The van der Waals surface area contributed by atoms with E-state index in [4.69, 9.17) is 0 Å². The second-order valence-corrected chi connectivity index (χ2v) is 21.4. The van der Waals surface area contributed by atoms with Gasteiger partial charge < -0.3 is 14.4 Å². The second kappa shape index (κ2) is 17.2. The van der Waals surface area contributed by atoms with E-state index < -0.39 is 0 Å². The van der Waals surface area contributed by atoms with E-state index in [1.165, 1.54) is 71.9 Å². The third-order valence-electron chi connectivity index (χ3n) is 16.3. The Balaban J connectivity index is 0.983. The molecule has 0 spiro atoms. The topological polar surface area (TPSA) is 11.4 Å². The van der Waals surface area contributed by atoms with Crippen molar-refractivity contribution in [3.63, 3.8) is 0 Å². The van der Waals surface area contributed by atoms with Gasteiger partial charge in [-0.2, -0.15) is 0 Å². The van der Waals surface area contributed by atoms with Crippen molar-refractivity contribution in [2.45, 2.75) is 38.5 Å². The Morgan fingerprint density at radius 2 is 0.720 bits per heavy atom. The Morgan fingerprint density at radius 3 is 1.29 bits per heavy atom. The fraction of sp³-hybridized carbons (Fsp3) is 0.0833. The first-order valence-corrected chi connectivity index (χ1v) is 26.2. The van der Waals surface area contributed by atoms with Gasteiger partial charge >= 0.3 is 0 Å². The summed E-state index contributed by atoms with van der Waals surface area (Å²) >= 11 is 0. The highest BCUT2D eigenvalue weighted by Gasteiger charge is 2.37. The number of rotatable bonds is 9. The highest BCUT2D eigenvalue weighted by atomic mass is 15.2. The molecule has 3 heteroatoms. The molecule has 0 amide bonds. The largest absolute Gasteiger partial charge is 0.310 e. The summed E-state index contributed by atoms with van der Waals surface area (Å²) in [6.45, 7) is 9.47. The summed E-state index contributed by atoms with van der Waals surface area (Å²) in [6.07, 6.45) is 0. The maximum atomic E-state index is 2.46. The van der Waals surface area contributed by atoms with E-state index in [0.717, 1.165) is 56.5 Å². The summed E-state index contributed by atoms with van der Waals surface area (Å²) in [4.78, 5) is 4.91. The third-order valence-corrected chi connectivity index (χ3v) is 16.3. The fourth-order valence-corrected chi connectivity index (χ4v) is 12.6. The molecule has 11 aromatic carbocycles. The number of anilines is 6. The predicted molar refractivity (Wildman–Crippen MR) is 316 cm³/mol. The minimum atomic E-state index is -0.165. The van der Waals surface area contributed by atoms with Crippen molar-refractivity contribution < 1.29 is 0 Å². The summed E-state index contributed by atoms with van der Waals surface area (Å²) in [5.74, 6) is 0. The molecule has 0 bridgehead atoms. The minimum Gasteiger partial charge on any atom is -0.310 e. The number of hydrogen-bond donors (Lipinski definition) is 0. The minimum absolute atomic E-state index is 0.165. The molecule has 2 aliphatic rings. The van der Waals surface area contributed by atoms with Crippen LogP contribution in [0.2, 0.25) is 0 Å². The van der Waals surface area contributed by atoms with Crippen LogP contribution in [0.1, 0.15) is 49.9 Å². The van der Waals surface area contributed by atoms with Crippen LogP contribution < -0.4 is 9.80 Å². The predicted octanol–water partition coefficient (Wildman–Crippen LogP) is 19.7. The molecule has 0 N–H and O–H groups in total. The molecule has 0 radical (unpaired) electrons. The Bertz CT molecular complexity index is 4010. The van der Waals surface area contributed by atoms with E-state index in [2.05, 4.69) is 303 Å². The van der Waals surface area contributed by atoms with Crippen LogP contribution in [-0.2, 0) is 10.8 Å². The van der Waals surface area contributed by atoms with Gasteiger partial charge in [0.2, 0.25) is 0 Å². The summed E-state index contributed by atoms with van der Waals surface area (Å²) < 4.78 is 2.40. The Labute approximate surface area is 439 Å². The van der Waals surface area contributed by atoms with Crippen LogP contribution in [0.25, 0.3) is 72.0 Å². The lowest BCUT2D eigenvalue weighted by Crippen LogP contribution is -2.17. The van der Waals surface area contributed by atoms with Crippen LogP contribution in [0.4, 0.5) is 34.1 Å². The summed E-state index contributed by atoms with van der Waals surface area (Å²) in [5.41, 5.74) is 25.0. The highest BCUT2D eigenvalue weighted by Crippen LogP contribution is 2.53. The highest BCUT2D eigenvalue weighted by molar-refractivity contribution is 6.10. The molecule has 1 heterocycles. The number of fused-ring (bicyclic) bond motifs is 9. The number of benzene rings is 11. The maximum absolute atomic E-state index is 2.46. The number of nitrogens with zero attached hydrogens (tertiary/aromatic N) is 3. The van der Waals surface area contributed by atoms with E-state index in [1.807, 2.05) is 0 Å². The van der Waals surface area contributed by atoms with E-state index >= 15 is 0 Å². The zero-order valence-electron chi connectivity index (χ0n) is 42.7. The average Bonchev–Trinajstić information content (AvgIpc) is 4.00. The van der Waals surface area contributed by atoms with Gasteiger partial charge in [-0.3, -0.25) is 0 Å². The van der Waals surface area contributed by atoms with Crippen molar-refractivity contribution in [3.05, 3.63) is 283 Å². The third kappa shape index (κ3) is 7.17. The van der Waals surface area contributed by atoms with Gasteiger partial charge in [-0.1, -0.05) is 191 Å². The van der Waals surface area contributed by atoms with Crippen molar-refractivity contribution in [1.29, 1.82) is 0 Å². The number of para-hydroxylation sites is 4. The molecular formula is C72H55N3. The van der Waals surface area contributed by atoms with E-state index in [-0.39, 0.29) is 10.8 Å². The zero-order valence-corrected chi connectivity index (χ0v) is 42.7. The molecule has 0 saturated heterocycles. The molecule has 0 atom stereocenters. The van der Waals surface area contributed by atoms with Crippen molar-refractivity contribution in [3.8, 4) is 50.2 Å². The van der Waals surface area contributed by atoms with Gasteiger partial charge in [0, 0.05) is 61.4 Å². The van der Waals surface area contributed by atoms with Gasteiger partial charge in [-0.25, -0.2) is 0 Å². The molecule has 0 aliphatic heterocycles. The number of aromatic nitrogens is 1. The lowest BCUT2D eigenvalue weighted by atomic mass is 9.82. The molecule has 0 saturated carbocycles. The maximum Gasteiger partial charge on any atom is 0.0547 e. The Hall–Kier alpha value is -9.18. The Morgan fingerprint density at radius 1 is 0.267 bits per heavy atom. The van der Waals surface area contributed by atoms with Crippen LogP contribution in [0.5, 0.6) is 0 Å². The van der Waals surface area contributed by atoms with Crippen LogP contribution >= 0.6 is 0 Å². The lowest BCUT2D eigenvalue weighted by Gasteiger charge is -2.32. The Kier molecular flexibility index (Phi) is 10.2. The average molecular weight is 962 g/mol. The summed E-state index contributed by atoms with van der Waals surface area (Å²) in [7, 11) is 0. The lowest BCUT2D eigenvalue weighted by molar-refractivity contribution is 0.660. The first-order chi connectivity index (χ1) is 36.7. The van der Waals surface area contributed by atoms with Crippen molar-refractivity contribution in [2.24, 2.45) is 0 Å². The van der Waals surface area contributed by atoms with Gasteiger partial charge in [-0.15, -0.1) is 0 Å².